The van der Waals surface area contributed by atoms with E-state index in [1.165, 1.54) is 0 Å². The third-order valence-corrected chi connectivity index (χ3v) is 4.66. The second kappa shape index (κ2) is 7.18. The van der Waals surface area contributed by atoms with E-state index in [1.54, 1.807) is 35.5 Å². The number of carbonyl (C=O) groups excluding carboxylic acids is 1. The first-order valence-corrected chi connectivity index (χ1v) is 8.93. The number of anilines is 1. The van der Waals surface area contributed by atoms with E-state index in [4.69, 9.17) is 4.74 Å². The van der Waals surface area contributed by atoms with Crippen LogP contribution in [0, 0.1) is 0 Å². The first-order chi connectivity index (χ1) is 13.2. The molecule has 4 rings (SSSR count). The van der Waals surface area contributed by atoms with Crippen LogP contribution in [-0.4, -0.2) is 68.3 Å². The van der Waals surface area contributed by atoms with Crippen LogP contribution < -0.4 is 9.64 Å². The molecule has 0 atom stereocenters. The number of piperazine rings is 1. The van der Waals surface area contributed by atoms with Crippen molar-refractivity contribution < 1.29 is 9.53 Å². The van der Waals surface area contributed by atoms with Crippen LogP contribution in [0.1, 0.15) is 17.3 Å². The zero-order chi connectivity index (χ0) is 18.8. The molecule has 1 fully saturated rings. The highest BCUT2D eigenvalue weighted by molar-refractivity contribution is 5.96. The van der Waals surface area contributed by atoms with Crippen molar-refractivity contribution in [3.8, 4) is 5.88 Å². The Hall–Kier alpha value is -3.23. The first kappa shape index (κ1) is 17.2. The van der Waals surface area contributed by atoms with E-state index in [0.717, 1.165) is 16.9 Å². The van der Waals surface area contributed by atoms with Gasteiger partial charge < -0.3 is 14.5 Å². The number of fused-ring (bicyclic) bond motifs is 1. The lowest BCUT2D eigenvalue weighted by molar-refractivity contribution is 0.0741. The van der Waals surface area contributed by atoms with Gasteiger partial charge in [-0.25, -0.2) is 15.0 Å². The fourth-order valence-electron chi connectivity index (χ4n) is 3.30. The lowest BCUT2D eigenvalue weighted by Crippen LogP contribution is -2.49. The molecule has 140 valence electrons. The van der Waals surface area contributed by atoms with E-state index in [1.807, 2.05) is 18.9 Å². The molecule has 0 aromatic carbocycles. The molecule has 0 radical (unpaired) electrons. The molecule has 3 aromatic rings. The minimum atomic E-state index is -0.0552. The summed E-state index contributed by atoms with van der Waals surface area (Å²) >= 11 is 0. The average molecular weight is 367 g/mol. The predicted molar refractivity (Wildman–Crippen MR) is 99.8 cm³/mol. The topological polar surface area (TPSA) is 89.3 Å². The highest BCUT2D eigenvalue weighted by atomic mass is 16.5. The van der Waals surface area contributed by atoms with Gasteiger partial charge in [-0.15, -0.1) is 0 Å². The SMILES string of the molecule is CCOc1ncccc1C(=O)N1CCN(c2ncnc3c2cnn3C)CC1. The van der Waals surface area contributed by atoms with E-state index in [9.17, 15) is 4.79 Å². The number of hydrogen-bond acceptors (Lipinski definition) is 7. The summed E-state index contributed by atoms with van der Waals surface area (Å²) in [5, 5.41) is 5.19. The standard InChI is InChI=1S/C18H21N7O2/c1-3-27-17-13(5-4-6-19-17)18(26)25-9-7-24(8-10-25)16-14-11-22-23(2)15(14)20-12-21-16/h4-6,11-12H,3,7-10H2,1-2H3. The molecule has 1 aliphatic rings. The van der Waals surface area contributed by atoms with Crippen molar-refractivity contribution in [2.45, 2.75) is 6.92 Å². The molecule has 0 unspecified atom stereocenters. The molecule has 3 aromatic heterocycles. The smallest absolute Gasteiger partial charge is 0.259 e. The number of hydrogen-bond donors (Lipinski definition) is 0. The quantitative estimate of drug-likeness (QED) is 0.682. The van der Waals surface area contributed by atoms with Gasteiger partial charge in [-0.2, -0.15) is 5.10 Å². The van der Waals surface area contributed by atoms with Gasteiger partial charge in [0.2, 0.25) is 5.88 Å². The van der Waals surface area contributed by atoms with Gasteiger partial charge in [0.05, 0.1) is 18.2 Å². The van der Waals surface area contributed by atoms with E-state index < -0.39 is 0 Å². The highest BCUT2D eigenvalue weighted by Crippen LogP contribution is 2.24. The Bertz CT molecular complexity index is 963. The Labute approximate surface area is 156 Å². The molecule has 9 nitrogen and oxygen atoms in total. The van der Waals surface area contributed by atoms with Gasteiger partial charge in [0.15, 0.2) is 5.65 Å². The van der Waals surface area contributed by atoms with Crippen molar-refractivity contribution in [3.63, 3.8) is 0 Å². The molecule has 27 heavy (non-hydrogen) atoms. The minimum Gasteiger partial charge on any atom is -0.477 e. The number of carbonyl (C=O) groups is 1. The summed E-state index contributed by atoms with van der Waals surface area (Å²) in [6.45, 7) is 4.94. The van der Waals surface area contributed by atoms with Gasteiger partial charge in [-0.1, -0.05) is 0 Å². The molecule has 1 amide bonds. The maximum absolute atomic E-state index is 12.9. The van der Waals surface area contributed by atoms with Gasteiger partial charge in [0.1, 0.15) is 17.7 Å². The van der Waals surface area contributed by atoms with Crippen LogP contribution in [0.3, 0.4) is 0 Å². The van der Waals surface area contributed by atoms with Crippen LogP contribution in [0.4, 0.5) is 5.82 Å². The molecule has 0 N–H and O–H groups in total. The summed E-state index contributed by atoms with van der Waals surface area (Å²) in [5.74, 6) is 1.19. The number of pyridine rings is 1. The molecule has 9 heteroatoms. The van der Waals surface area contributed by atoms with Crippen LogP contribution in [0.25, 0.3) is 11.0 Å². The van der Waals surface area contributed by atoms with Gasteiger partial charge in [0, 0.05) is 39.4 Å². The number of amides is 1. The lowest BCUT2D eigenvalue weighted by Gasteiger charge is -2.35. The summed E-state index contributed by atoms with van der Waals surface area (Å²) in [7, 11) is 1.86. The Morgan fingerprint density at radius 1 is 1.19 bits per heavy atom. The van der Waals surface area contributed by atoms with Gasteiger partial charge in [-0.05, 0) is 19.1 Å². The van der Waals surface area contributed by atoms with Crippen LogP contribution in [0.15, 0.2) is 30.9 Å². The van der Waals surface area contributed by atoms with Crippen LogP contribution in [0.2, 0.25) is 0 Å². The van der Waals surface area contributed by atoms with Gasteiger partial charge >= 0.3 is 0 Å². The fourth-order valence-corrected chi connectivity index (χ4v) is 3.30. The van der Waals surface area contributed by atoms with E-state index in [2.05, 4.69) is 25.0 Å². The van der Waals surface area contributed by atoms with Crippen molar-refractivity contribution in [1.29, 1.82) is 0 Å². The molecular weight excluding hydrogens is 346 g/mol. The highest BCUT2D eigenvalue weighted by Gasteiger charge is 2.26. The second-order valence-corrected chi connectivity index (χ2v) is 6.27. The number of aromatic nitrogens is 5. The molecule has 1 saturated heterocycles. The summed E-state index contributed by atoms with van der Waals surface area (Å²) in [5.41, 5.74) is 1.31. The Balaban J connectivity index is 1.50. The number of nitrogens with zero attached hydrogens (tertiary/aromatic N) is 7. The van der Waals surface area contributed by atoms with Crippen molar-refractivity contribution in [2.75, 3.05) is 37.7 Å². The molecule has 0 saturated carbocycles. The van der Waals surface area contributed by atoms with Crippen molar-refractivity contribution in [1.82, 2.24) is 29.6 Å². The van der Waals surface area contributed by atoms with Crippen LogP contribution in [-0.2, 0) is 7.05 Å². The first-order valence-electron chi connectivity index (χ1n) is 8.93. The predicted octanol–water partition coefficient (Wildman–Crippen LogP) is 1.12. The number of rotatable bonds is 4. The monoisotopic (exact) mass is 367 g/mol. The molecule has 0 bridgehead atoms. The number of aryl methyl sites for hydroxylation is 1. The Morgan fingerprint density at radius 3 is 2.78 bits per heavy atom. The third-order valence-electron chi connectivity index (χ3n) is 4.66. The van der Waals surface area contributed by atoms with E-state index in [0.29, 0.717) is 44.2 Å². The molecule has 1 aliphatic heterocycles. The van der Waals surface area contributed by atoms with Crippen molar-refractivity contribution in [3.05, 3.63) is 36.4 Å². The molecule has 4 heterocycles. The summed E-state index contributed by atoms with van der Waals surface area (Å²) in [6, 6.07) is 3.52. The fraction of sp³-hybridized carbons (Fsp3) is 0.389. The summed E-state index contributed by atoms with van der Waals surface area (Å²) in [4.78, 5) is 29.8. The van der Waals surface area contributed by atoms with E-state index >= 15 is 0 Å². The Kier molecular flexibility index (Phi) is 4.57. The normalized spacial score (nSPS) is 14.6. The third kappa shape index (κ3) is 3.16. The zero-order valence-electron chi connectivity index (χ0n) is 15.4. The Morgan fingerprint density at radius 2 is 2.00 bits per heavy atom. The molecular formula is C18H21N7O2. The second-order valence-electron chi connectivity index (χ2n) is 6.27. The molecule has 0 aliphatic carbocycles. The number of ether oxygens (including phenoxy) is 1. The average Bonchev–Trinajstić information content (AvgIpc) is 3.09. The summed E-state index contributed by atoms with van der Waals surface area (Å²) < 4.78 is 7.23. The largest absolute Gasteiger partial charge is 0.477 e. The molecule has 0 spiro atoms. The van der Waals surface area contributed by atoms with E-state index in [-0.39, 0.29) is 5.91 Å². The minimum absolute atomic E-state index is 0.0552. The van der Waals surface area contributed by atoms with Crippen molar-refractivity contribution in [2.24, 2.45) is 7.05 Å². The maximum atomic E-state index is 12.9. The van der Waals surface area contributed by atoms with Crippen LogP contribution >= 0.6 is 0 Å². The van der Waals surface area contributed by atoms with Gasteiger partial charge in [-0.3, -0.25) is 9.48 Å². The lowest BCUT2D eigenvalue weighted by atomic mass is 10.2. The van der Waals surface area contributed by atoms with Crippen molar-refractivity contribution >= 4 is 22.8 Å². The maximum Gasteiger partial charge on any atom is 0.259 e. The van der Waals surface area contributed by atoms with Gasteiger partial charge in [0.25, 0.3) is 5.91 Å². The summed E-state index contributed by atoms with van der Waals surface area (Å²) in [6.07, 6.45) is 4.97. The van der Waals surface area contributed by atoms with Crippen LogP contribution in [0.5, 0.6) is 5.88 Å². The zero-order valence-corrected chi connectivity index (χ0v) is 15.4.